The van der Waals surface area contributed by atoms with E-state index < -0.39 is 5.97 Å². The van der Waals surface area contributed by atoms with Crippen molar-refractivity contribution in [2.75, 3.05) is 0 Å². The van der Waals surface area contributed by atoms with Gasteiger partial charge < -0.3 is 9.90 Å². The first-order valence-electron chi connectivity index (χ1n) is 3.38. The minimum atomic E-state index is -1.17. The molecule has 0 radical (unpaired) electrons. The fourth-order valence-corrected chi connectivity index (χ4v) is 1.32. The highest BCUT2D eigenvalue weighted by atomic mass is 32.2. The fraction of sp³-hybridized carbons (Fsp3) is 0. The number of benzene rings is 1. The summed E-state index contributed by atoms with van der Waals surface area (Å²) in [6.45, 7) is 0. The predicted octanol–water partition coefficient (Wildman–Crippen LogP) is 1.04. The Morgan fingerprint density at radius 2 is 2.00 bits per heavy atom. The van der Waals surface area contributed by atoms with E-state index in [9.17, 15) is 9.90 Å². The molecule has 0 saturated heterocycles. The number of hydrogen-bond donors (Lipinski definition) is 0. The highest BCUT2D eigenvalue weighted by molar-refractivity contribution is 8.02. The lowest BCUT2D eigenvalue weighted by molar-refractivity contribution is -0.297. The smallest absolute Gasteiger partial charge is 0.0648 e. The third-order valence-corrected chi connectivity index (χ3v) is 1.97. The molecule has 0 heterocycles. The fourth-order valence-electron chi connectivity index (χ4n) is 0.667. The Kier molecular flexibility index (Phi) is 3.41. The molecule has 0 N–H and O–H groups in total. The van der Waals surface area contributed by atoms with E-state index in [1.165, 1.54) is 17.2 Å². The van der Waals surface area contributed by atoms with Gasteiger partial charge in [-0.25, -0.2) is 0 Å². The Labute approximate surface area is 74.9 Å². The van der Waals surface area contributed by atoms with Crippen molar-refractivity contribution in [2.24, 2.45) is 0 Å². The first-order valence-corrected chi connectivity index (χ1v) is 4.26. The molecule has 0 aromatic heterocycles. The maximum atomic E-state index is 9.98. The van der Waals surface area contributed by atoms with Crippen LogP contribution in [0.5, 0.6) is 0 Å². The van der Waals surface area contributed by atoms with Crippen molar-refractivity contribution in [1.82, 2.24) is 0 Å². The van der Waals surface area contributed by atoms with Gasteiger partial charge in [0.1, 0.15) is 0 Å². The van der Waals surface area contributed by atoms with Gasteiger partial charge in [-0.1, -0.05) is 30.0 Å². The zero-order chi connectivity index (χ0) is 8.81. The van der Waals surface area contributed by atoms with Gasteiger partial charge in [-0.15, -0.1) is 0 Å². The lowest BCUT2D eigenvalue weighted by atomic mass is 10.4. The molecule has 0 aliphatic heterocycles. The van der Waals surface area contributed by atoms with Gasteiger partial charge in [0.2, 0.25) is 0 Å². The third kappa shape index (κ3) is 3.25. The van der Waals surface area contributed by atoms with Gasteiger partial charge in [-0.3, -0.25) is 0 Å². The number of carboxylic acid groups (broad SMARTS) is 1. The molecule has 1 aromatic rings. The molecule has 0 aliphatic carbocycles. The summed E-state index contributed by atoms with van der Waals surface area (Å²) in [5, 5.41) is 11.5. The highest BCUT2D eigenvalue weighted by Crippen LogP contribution is 2.17. The van der Waals surface area contributed by atoms with Gasteiger partial charge in [0.25, 0.3) is 0 Å². The lowest BCUT2D eigenvalue weighted by Crippen LogP contribution is -2.18. The summed E-state index contributed by atoms with van der Waals surface area (Å²) in [4.78, 5) is 11.0. The largest absolute Gasteiger partial charge is 0.545 e. The van der Waals surface area contributed by atoms with E-state index in [0.29, 0.717) is 0 Å². The van der Waals surface area contributed by atoms with Crippen LogP contribution in [0.4, 0.5) is 0 Å². The van der Waals surface area contributed by atoms with Gasteiger partial charge in [0.05, 0.1) is 5.97 Å². The molecule has 0 unspecified atom stereocenters. The quantitative estimate of drug-likeness (QED) is 0.514. The summed E-state index contributed by atoms with van der Waals surface area (Å²) in [5.41, 5.74) is 0. The average molecular weight is 179 g/mol. The monoisotopic (exact) mass is 179 g/mol. The number of aliphatic carboxylic acids is 1. The normalized spacial score (nSPS) is 10.3. The summed E-state index contributed by atoms with van der Waals surface area (Å²) < 4.78 is 0. The molecule has 0 spiro atoms. The van der Waals surface area contributed by atoms with Crippen LogP contribution in [0, 0.1) is 0 Å². The molecule has 12 heavy (non-hydrogen) atoms. The van der Waals surface area contributed by atoms with E-state index >= 15 is 0 Å². The van der Waals surface area contributed by atoms with E-state index in [-0.39, 0.29) is 0 Å². The Morgan fingerprint density at radius 1 is 1.33 bits per heavy atom. The number of hydrogen-bond acceptors (Lipinski definition) is 3. The van der Waals surface area contributed by atoms with Crippen LogP contribution in [-0.2, 0) is 4.79 Å². The molecule has 0 atom stereocenters. The SMILES string of the molecule is O=C([O-])/C=C/Sc1ccccc1. The Bertz CT molecular complexity index is 280. The van der Waals surface area contributed by atoms with E-state index in [2.05, 4.69) is 0 Å². The summed E-state index contributed by atoms with van der Waals surface area (Å²) in [5.74, 6) is -1.17. The van der Waals surface area contributed by atoms with Crippen molar-refractivity contribution in [3.05, 3.63) is 41.8 Å². The second-order valence-electron chi connectivity index (χ2n) is 2.05. The Balaban J connectivity index is 2.49. The number of carbonyl (C=O) groups is 1. The molecule has 3 heteroatoms. The first-order chi connectivity index (χ1) is 5.79. The number of thioether (sulfide) groups is 1. The molecule has 2 nitrogen and oxygen atoms in total. The summed E-state index contributed by atoms with van der Waals surface area (Å²) in [6, 6.07) is 9.52. The zero-order valence-corrected chi connectivity index (χ0v) is 7.08. The highest BCUT2D eigenvalue weighted by Gasteiger charge is 1.85. The Morgan fingerprint density at radius 3 is 2.58 bits per heavy atom. The minimum Gasteiger partial charge on any atom is -0.545 e. The summed E-state index contributed by atoms with van der Waals surface area (Å²) in [7, 11) is 0. The molecule has 0 saturated carbocycles. The van der Waals surface area contributed by atoms with Gasteiger partial charge in [0, 0.05) is 4.90 Å². The molecule has 62 valence electrons. The Hall–Kier alpha value is -1.22. The van der Waals surface area contributed by atoms with Crippen molar-refractivity contribution < 1.29 is 9.90 Å². The van der Waals surface area contributed by atoms with Crippen molar-refractivity contribution in [1.29, 1.82) is 0 Å². The van der Waals surface area contributed by atoms with Crippen LogP contribution in [0.2, 0.25) is 0 Å². The van der Waals surface area contributed by atoms with Gasteiger partial charge >= 0.3 is 0 Å². The number of carboxylic acids is 1. The van der Waals surface area contributed by atoms with Crippen molar-refractivity contribution in [3.8, 4) is 0 Å². The second kappa shape index (κ2) is 4.62. The molecule has 0 aliphatic rings. The molecule has 1 aromatic carbocycles. The molecule has 0 fully saturated rings. The zero-order valence-electron chi connectivity index (χ0n) is 6.27. The minimum absolute atomic E-state index is 1.01. The molecular weight excluding hydrogens is 172 g/mol. The molecule has 0 bridgehead atoms. The van der Waals surface area contributed by atoms with Crippen LogP contribution < -0.4 is 5.11 Å². The molecular formula is C9H7O2S-. The van der Waals surface area contributed by atoms with Crippen molar-refractivity contribution in [3.63, 3.8) is 0 Å². The number of carbonyl (C=O) groups excluding carboxylic acids is 1. The number of rotatable bonds is 3. The van der Waals surface area contributed by atoms with Gasteiger partial charge in [0.15, 0.2) is 0 Å². The maximum absolute atomic E-state index is 9.98. The molecule has 0 amide bonds. The van der Waals surface area contributed by atoms with Crippen LogP contribution in [0.1, 0.15) is 0 Å². The molecule has 1 rings (SSSR count). The van der Waals surface area contributed by atoms with E-state index in [0.717, 1.165) is 11.0 Å². The van der Waals surface area contributed by atoms with Crippen LogP contribution in [0.25, 0.3) is 0 Å². The van der Waals surface area contributed by atoms with Crippen molar-refractivity contribution >= 4 is 17.7 Å². The van der Waals surface area contributed by atoms with Gasteiger partial charge in [-0.2, -0.15) is 0 Å². The second-order valence-corrected chi connectivity index (χ2v) is 3.03. The van der Waals surface area contributed by atoms with Crippen LogP contribution in [0.15, 0.2) is 46.7 Å². The van der Waals surface area contributed by atoms with Crippen LogP contribution in [-0.4, -0.2) is 5.97 Å². The topological polar surface area (TPSA) is 40.1 Å². The summed E-state index contributed by atoms with van der Waals surface area (Å²) >= 11 is 1.35. The maximum Gasteiger partial charge on any atom is 0.0648 e. The van der Waals surface area contributed by atoms with E-state index in [1.54, 1.807) is 0 Å². The van der Waals surface area contributed by atoms with Crippen molar-refractivity contribution in [2.45, 2.75) is 4.90 Å². The van der Waals surface area contributed by atoms with E-state index in [4.69, 9.17) is 0 Å². The average Bonchev–Trinajstić information content (AvgIpc) is 2.05. The first kappa shape index (κ1) is 8.87. The predicted molar refractivity (Wildman–Crippen MR) is 46.4 cm³/mol. The van der Waals surface area contributed by atoms with E-state index in [1.807, 2.05) is 30.3 Å². The van der Waals surface area contributed by atoms with Gasteiger partial charge in [-0.05, 0) is 23.6 Å². The standard InChI is InChI=1S/C9H8O2S/c10-9(11)6-7-12-8-4-2-1-3-5-8/h1-7H,(H,10,11)/p-1/b7-6+. The summed E-state index contributed by atoms with van der Waals surface area (Å²) in [6.07, 6.45) is 1.01. The third-order valence-electron chi connectivity index (χ3n) is 1.15. The lowest BCUT2D eigenvalue weighted by Gasteiger charge is -1.93. The van der Waals surface area contributed by atoms with Crippen LogP contribution in [0.3, 0.4) is 0 Å². The van der Waals surface area contributed by atoms with Crippen LogP contribution >= 0.6 is 11.8 Å².